The van der Waals surface area contributed by atoms with E-state index < -0.39 is 30.1 Å². The van der Waals surface area contributed by atoms with Gasteiger partial charge in [0.15, 0.2) is 5.78 Å². The molecular formula is C17H27N3O5. The molecule has 8 heteroatoms. The average molecular weight is 353 g/mol. The van der Waals surface area contributed by atoms with Crippen LogP contribution in [0.4, 0.5) is 4.79 Å². The minimum atomic E-state index is -1.27. The second-order valence-electron chi connectivity index (χ2n) is 6.96. The van der Waals surface area contributed by atoms with Crippen LogP contribution in [0.1, 0.15) is 45.4 Å². The highest BCUT2D eigenvalue weighted by Crippen LogP contribution is 2.28. The van der Waals surface area contributed by atoms with E-state index in [1.54, 1.807) is 6.92 Å². The summed E-state index contributed by atoms with van der Waals surface area (Å²) in [5.41, 5.74) is 0. The van der Waals surface area contributed by atoms with Crippen molar-refractivity contribution < 1.29 is 24.3 Å². The molecule has 0 aromatic rings. The highest BCUT2D eigenvalue weighted by atomic mass is 16.4. The van der Waals surface area contributed by atoms with Crippen molar-refractivity contribution in [1.29, 1.82) is 0 Å². The first kappa shape index (κ1) is 19.4. The molecule has 140 valence electrons. The fourth-order valence-electron chi connectivity index (χ4n) is 3.92. The summed E-state index contributed by atoms with van der Waals surface area (Å²) in [4.78, 5) is 46.8. The molecular weight excluding hydrogens is 326 g/mol. The van der Waals surface area contributed by atoms with Gasteiger partial charge >= 0.3 is 6.09 Å². The number of aldehydes is 1. The summed E-state index contributed by atoms with van der Waals surface area (Å²) < 4.78 is 0. The summed E-state index contributed by atoms with van der Waals surface area (Å²) in [5, 5.41) is 17.0. The van der Waals surface area contributed by atoms with Crippen LogP contribution < -0.4 is 16.0 Å². The van der Waals surface area contributed by atoms with E-state index in [9.17, 15) is 19.2 Å². The molecule has 1 saturated carbocycles. The van der Waals surface area contributed by atoms with Gasteiger partial charge in [-0.3, -0.25) is 9.59 Å². The summed E-state index contributed by atoms with van der Waals surface area (Å²) in [6.45, 7) is 2.16. The van der Waals surface area contributed by atoms with E-state index in [2.05, 4.69) is 16.0 Å². The normalized spacial score (nSPS) is 24.8. The molecule has 0 aromatic carbocycles. The summed E-state index contributed by atoms with van der Waals surface area (Å²) in [6.07, 6.45) is 4.72. The molecule has 2 fully saturated rings. The van der Waals surface area contributed by atoms with Crippen molar-refractivity contribution in [1.82, 2.24) is 16.0 Å². The molecule has 1 aliphatic heterocycles. The van der Waals surface area contributed by atoms with Gasteiger partial charge in [-0.05, 0) is 32.1 Å². The Kier molecular flexibility index (Phi) is 6.92. The zero-order chi connectivity index (χ0) is 18.4. The van der Waals surface area contributed by atoms with Gasteiger partial charge < -0.3 is 25.9 Å². The van der Waals surface area contributed by atoms with Crippen molar-refractivity contribution in [2.45, 2.75) is 63.6 Å². The number of carboxylic acid groups (broad SMARTS) is 1. The average Bonchev–Trinajstić information content (AvgIpc) is 3.03. The third-order valence-electron chi connectivity index (χ3n) is 5.24. The van der Waals surface area contributed by atoms with Gasteiger partial charge in [-0.1, -0.05) is 19.3 Å². The number of carbonyl (C=O) groups is 4. The van der Waals surface area contributed by atoms with Crippen LogP contribution in [0.2, 0.25) is 0 Å². The number of rotatable bonds is 8. The van der Waals surface area contributed by atoms with Crippen LogP contribution in [0.15, 0.2) is 0 Å². The summed E-state index contributed by atoms with van der Waals surface area (Å²) in [5.74, 6) is -1.03. The van der Waals surface area contributed by atoms with Crippen molar-refractivity contribution in [2.75, 3.05) is 6.54 Å². The highest BCUT2D eigenvalue weighted by Gasteiger charge is 2.37. The van der Waals surface area contributed by atoms with Gasteiger partial charge in [0.1, 0.15) is 12.3 Å². The van der Waals surface area contributed by atoms with E-state index in [-0.39, 0.29) is 17.6 Å². The van der Waals surface area contributed by atoms with E-state index in [1.165, 1.54) is 0 Å². The number of hydrogen-bond donors (Lipinski definition) is 4. The first-order valence-corrected chi connectivity index (χ1v) is 8.96. The Labute approximate surface area is 147 Å². The Morgan fingerprint density at radius 3 is 2.44 bits per heavy atom. The molecule has 1 heterocycles. The summed E-state index contributed by atoms with van der Waals surface area (Å²) in [6, 6.07) is -2.01. The Morgan fingerprint density at radius 1 is 1.24 bits per heavy atom. The van der Waals surface area contributed by atoms with Gasteiger partial charge in [0.25, 0.3) is 0 Å². The van der Waals surface area contributed by atoms with Gasteiger partial charge in [0, 0.05) is 12.6 Å². The van der Waals surface area contributed by atoms with Crippen LogP contribution in [0.25, 0.3) is 0 Å². The van der Waals surface area contributed by atoms with Gasteiger partial charge in [-0.25, -0.2) is 4.79 Å². The van der Waals surface area contributed by atoms with Crippen LogP contribution in [0.3, 0.4) is 0 Å². The fourth-order valence-corrected chi connectivity index (χ4v) is 3.92. The third kappa shape index (κ3) is 5.01. The molecule has 25 heavy (non-hydrogen) atoms. The molecule has 1 aliphatic carbocycles. The van der Waals surface area contributed by atoms with Crippen LogP contribution in [-0.4, -0.2) is 53.8 Å². The quantitative estimate of drug-likeness (QED) is 0.371. The van der Waals surface area contributed by atoms with Gasteiger partial charge in [0.05, 0.1) is 12.0 Å². The summed E-state index contributed by atoms with van der Waals surface area (Å²) >= 11 is 0. The minimum absolute atomic E-state index is 0.114. The standard InChI is InChI=1S/C17H27N3O5/c1-10(15(22)12-7-8-18-16(12)23)19-14(11-5-3-2-4-6-11)13(9-21)20-17(24)25/h9-14,19-20H,2-8H2,1H3,(H,18,23)(H,24,25)/t10-,12-,13?,14-/m0/s1. The summed E-state index contributed by atoms with van der Waals surface area (Å²) in [7, 11) is 0. The Morgan fingerprint density at radius 2 is 1.92 bits per heavy atom. The van der Waals surface area contributed by atoms with Crippen LogP contribution >= 0.6 is 0 Å². The van der Waals surface area contributed by atoms with Crippen molar-refractivity contribution in [3.8, 4) is 0 Å². The maximum atomic E-state index is 12.6. The van der Waals surface area contributed by atoms with Gasteiger partial charge in [0.2, 0.25) is 5.91 Å². The molecule has 0 bridgehead atoms. The molecule has 1 saturated heterocycles. The lowest BCUT2D eigenvalue weighted by Gasteiger charge is -2.36. The molecule has 0 radical (unpaired) electrons. The second kappa shape index (κ2) is 8.94. The lowest BCUT2D eigenvalue weighted by atomic mass is 9.80. The molecule has 0 spiro atoms. The Hall–Kier alpha value is -1.96. The van der Waals surface area contributed by atoms with Crippen LogP contribution in [0.5, 0.6) is 0 Å². The van der Waals surface area contributed by atoms with Gasteiger partial charge in [-0.2, -0.15) is 0 Å². The zero-order valence-electron chi connectivity index (χ0n) is 14.5. The third-order valence-corrected chi connectivity index (χ3v) is 5.24. The van der Waals surface area contributed by atoms with Crippen LogP contribution in [0, 0.1) is 11.8 Å². The maximum Gasteiger partial charge on any atom is 0.405 e. The van der Waals surface area contributed by atoms with Gasteiger partial charge in [-0.15, -0.1) is 0 Å². The number of ketones is 1. The number of carbonyl (C=O) groups excluding carboxylic acids is 3. The number of hydrogen-bond acceptors (Lipinski definition) is 5. The molecule has 0 aromatic heterocycles. The predicted molar refractivity (Wildman–Crippen MR) is 90.1 cm³/mol. The first-order chi connectivity index (χ1) is 11.9. The lowest BCUT2D eigenvalue weighted by molar-refractivity contribution is -0.133. The molecule has 1 unspecified atom stereocenters. The topological polar surface area (TPSA) is 125 Å². The largest absolute Gasteiger partial charge is 0.465 e. The molecule has 8 nitrogen and oxygen atoms in total. The molecule has 4 N–H and O–H groups in total. The number of Topliss-reactive ketones (excluding diaryl/α,β-unsaturated/α-hetero) is 1. The van der Waals surface area contributed by atoms with E-state index in [0.717, 1.165) is 32.1 Å². The molecule has 2 rings (SSSR count). The highest BCUT2D eigenvalue weighted by molar-refractivity contribution is 6.04. The van der Waals surface area contributed by atoms with Crippen molar-refractivity contribution in [2.24, 2.45) is 11.8 Å². The maximum absolute atomic E-state index is 12.6. The van der Waals surface area contributed by atoms with E-state index in [4.69, 9.17) is 5.11 Å². The Balaban J connectivity index is 2.10. The monoisotopic (exact) mass is 353 g/mol. The SMILES string of the molecule is C[C@H](N[C@@H](C1CCCCC1)C(C=O)NC(=O)O)C(=O)[C@@H]1CCNC1=O. The van der Waals surface area contributed by atoms with Crippen molar-refractivity contribution in [3.05, 3.63) is 0 Å². The fraction of sp³-hybridized carbons (Fsp3) is 0.765. The van der Waals surface area contributed by atoms with Crippen molar-refractivity contribution in [3.63, 3.8) is 0 Å². The molecule has 4 atom stereocenters. The van der Waals surface area contributed by atoms with Crippen LogP contribution in [-0.2, 0) is 14.4 Å². The number of amides is 2. The second-order valence-corrected chi connectivity index (χ2v) is 6.96. The Bertz CT molecular complexity index is 518. The zero-order valence-corrected chi connectivity index (χ0v) is 14.5. The minimum Gasteiger partial charge on any atom is -0.465 e. The van der Waals surface area contributed by atoms with E-state index >= 15 is 0 Å². The number of nitrogens with one attached hydrogen (secondary N) is 3. The van der Waals surface area contributed by atoms with E-state index in [1.807, 2.05) is 0 Å². The lowest BCUT2D eigenvalue weighted by Crippen LogP contribution is -2.58. The predicted octanol–water partition coefficient (Wildman–Crippen LogP) is 0.454. The first-order valence-electron chi connectivity index (χ1n) is 8.96. The smallest absolute Gasteiger partial charge is 0.405 e. The van der Waals surface area contributed by atoms with E-state index in [0.29, 0.717) is 19.3 Å². The van der Waals surface area contributed by atoms with Crippen molar-refractivity contribution >= 4 is 24.1 Å². The molecule has 2 amide bonds. The molecule has 2 aliphatic rings.